The van der Waals surface area contributed by atoms with Gasteiger partial charge in [-0.3, -0.25) is 4.79 Å². The van der Waals surface area contributed by atoms with Gasteiger partial charge in [-0.15, -0.1) is 0 Å². The maximum absolute atomic E-state index is 10.5. The van der Waals surface area contributed by atoms with Crippen molar-refractivity contribution >= 4 is 6.29 Å². The number of carbonyl (C=O) groups excluding carboxylic acids is 1. The summed E-state index contributed by atoms with van der Waals surface area (Å²) in [6, 6.07) is 3.36. The second-order valence-electron chi connectivity index (χ2n) is 5.93. The molecule has 1 aliphatic carbocycles. The van der Waals surface area contributed by atoms with E-state index in [0.29, 0.717) is 29.3 Å². The van der Waals surface area contributed by atoms with Gasteiger partial charge in [-0.1, -0.05) is 20.8 Å². The molecule has 1 fully saturated rings. The van der Waals surface area contributed by atoms with Gasteiger partial charge in [0.25, 0.3) is 5.95 Å². The van der Waals surface area contributed by atoms with Crippen LogP contribution in [0.5, 0.6) is 5.95 Å². The molecule has 0 radical (unpaired) electrons. The number of furan rings is 1. The zero-order chi connectivity index (χ0) is 12.5. The summed E-state index contributed by atoms with van der Waals surface area (Å²) in [4.78, 5) is 10.5. The van der Waals surface area contributed by atoms with Crippen LogP contribution in [0.25, 0.3) is 0 Å². The van der Waals surface area contributed by atoms with Crippen LogP contribution in [-0.2, 0) is 0 Å². The fraction of sp³-hybridized carbons (Fsp3) is 0.643. The molecule has 94 valence electrons. The maximum Gasteiger partial charge on any atom is 0.285 e. The molecule has 0 amide bonds. The Morgan fingerprint density at radius 2 is 2.18 bits per heavy atom. The Hall–Kier alpha value is -1.25. The van der Waals surface area contributed by atoms with Crippen LogP contribution < -0.4 is 4.74 Å². The fourth-order valence-electron chi connectivity index (χ4n) is 2.97. The molecule has 1 saturated carbocycles. The molecule has 0 N–H and O–H groups in total. The second-order valence-corrected chi connectivity index (χ2v) is 5.93. The minimum Gasteiger partial charge on any atom is -0.462 e. The van der Waals surface area contributed by atoms with E-state index >= 15 is 0 Å². The van der Waals surface area contributed by atoms with Crippen molar-refractivity contribution in [2.75, 3.05) is 0 Å². The molecular weight excluding hydrogens is 216 g/mol. The van der Waals surface area contributed by atoms with Crippen molar-refractivity contribution in [3.8, 4) is 5.95 Å². The smallest absolute Gasteiger partial charge is 0.285 e. The van der Waals surface area contributed by atoms with E-state index in [9.17, 15) is 4.79 Å². The Labute approximate surface area is 102 Å². The van der Waals surface area contributed by atoms with Gasteiger partial charge in [0.15, 0.2) is 12.0 Å². The molecule has 0 bridgehead atoms. The highest BCUT2D eigenvalue weighted by Crippen LogP contribution is 2.40. The van der Waals surface area contributed by atoms with Crippen molar-refractivity contribution in [1.29, 1.82) is 0 Å². The van der Waals surface area contributed by atoms with Gasteiger partial charge in [-0.05, 0) is 36.7 Å². The molecule has 0 spiro atoms. The maximum atomic E-state index is 10.5. The lowest BCUT2D eigenvalue weighted by atomic mass is 9.71. The lowest BCUT2D eigenvalue weighted by molar-refractivity contribution is 0.0398. The molecular formula is C14H20O3. The zero-order valence-corrected chi connectivity index (χ0v) is 10.7. The minimum atomic E-state index is 0.194. The normalized spacial score (nSPS) is 27.7. The predicted molar refractivity (Wildman–Crippen MR) is 65.3 cm³/mol. The van der Waals surface area contributed by atoms with Gasteiger partial charge in [-0.25, -0.2) is 0 Å². The summed E-state index contributed by atoms with van der Waals surface area (Å²) in [6.45, 7) is 6.81. The van der Waals surface area contributed by atoms with Crippen molar-refractivity contribution in [3.05, 3.63) is 17.9 Å². The zero-order valence-electron chi connectivity index (χ0n) is 10.7. The molecule has 1 aromatic rings. The molecule has 3 heteroatoms. The molecule has 3 nitrogen and oxygen atoms in total. The molecule has 2 unspecified atom stereocenters. The van der Waals surface area contributed by atoms with Crippen LogP contribution in [0.15, 0.2) is 16.5 Å². The van der Waals surface area contributed by atoms with Crippen LogP contribution in [0.2, 0.25) is 0 Å². The highest BCUT2D eigenvalue weighted by Gasteiger charge is 2.33. The highest BCUT2D eigenvalue weighted by molar-refractivity contribution is 5.70. The third-order valence-corrected chi connectivity index (χ3v) is 3.35. The molecule has 1 heterocycles. The van der Waals surface area contributed by atoms with E-state index in [1.807, 2.05) is 0 Å². The van der Waals surface area contributed by atoms with E-state index in [2.05, 4.69) is 20.8 Å². The summed E-state index contributed by atoms with van der Waals surface area (Å²) in [5.41, 5.74) is 0.322. The number of aldehydes is 1. The van der Waals surface area contributed by atoms with E-state index < -0.39 is 0 Å². The average molecular weight is 236 g/mol. The summed E-state index contributed by atoms with van der Waals surface area (Å²) >= 11 is 0. The van der Waals surface area contributed by atoms with Crippen molar-refractivity contribution in [3.63, 3.8) is 0 Å². The standard InChI is InChI=1S/C14H20O3/c1-10-6-12(8-14(2,3)7-10)17-13-5-4-11(9-15)16-13/h4-5,9-10,12H,6-8H2,1-3H3. The van der Waals surface area contributed by atoms with Crippen LogP contribution in [0.4, 0.5) is 0 Å². The first-order valence-electron chi connectivity index (χ1n) is 6.20. The van der Waals surface area contributed by atoms with Crippen LogP contribution in [0, 0.1) is 11.3 Å². The van der Waals surface area contributed by atoms with Crippen LogP contribution in [-0.4, -0.2) is 12.4 Å². The number of hydrogen-bond donors (Lipinski definition) is 0. The molecule has 2 rings (SSSR count). The second kappa shape index (κ2) is 4.55. The summed E-state index contributed by atoms with van der Waals surface area (Å²) in [7, 11) is 0. The predicted octanol–water partition coefficient (Wildman–Crippen LogP) is 3.69. The summed E-state index contributed by atoms with van der Waals surface area (Å²) in [5, 5.41) is 0. The first kappa shape index (κ1) is 12.2. The molecule has 0 saturated heterocycles. The Morgan fingerprint density at radius 3 is 2.76 bits per heavy atom. The Bertz CT molecular complexity index is 392. The quantitative estimate of drug-likeness (QED) is 0.751. The monoisotopic (exact) mass is 236 g/mol. The van der Waals surface area contributed by atoms with Crippen molar-refractivity contribution in [1.82, 2.24) is 0 Å². The molecule has 1 aromatic heterocycles. The molecule has 17 heavy (non-hydrogen) atoms. The van der Waals surface area contributed by atoms with Crippen molar-refractivity contribution in [2.45, 2.75) is 46.1 Å². The van der Waals surface area contributed by atoms with Gasteiger partial charge in [0.2, 0.25) is 0 Å². The summed E-state index contributed by atoms with van der Waals surface area (Å²) in [6.07, 6.45) is 4.22. The molecule has 1 aliphatic rings. The van der Waals surface area contributed by atoms with E-state index in [0.717, 1.165) is 12.8 Å². The molecule has 0 aliphatic heterocycles. The largest absolute Gasteiger partial charge is 0.462 e. The van der Waals surface area contributed by atoms with Crippen LogP contribution >= 0.6 is 0 Å². The van der Waals surface area contributed by atoms with Gasteiger partial charge in [0, 0.05) is 6.07 Å². The van der Waals surface area contributed by atoms with Crippen LogP contribution in [0.1, 0.15) is 50.6 Å². The molecule has 2 atom stereocenters. The lowest BCUT2D eigenvalue weighted by Gasteiger charge is -2.38. The summed E-state index contributed by atoms with van der Waals surface area (Å²) < 4.78 is 11.1. The molecule has 0 aromatic carbocycles. The van der Waals surface area contributed by atoms with Crippen molar-refractivity contribution in [2.24, 2.45) is 11.3 Å². The first-order chi connectivity index (χ1) is 7.98. The minimum absolute atomic E-state index is 0.194. The van der Waals surface area contributed by atoms with E-state index in [-0.39, 0.29) is 6.10 Å². The third kappa shape index (κ3) is 3.11. The Morgan fingerprint density at radius 1 is 1.41 bits per heavy atom. The van der Waals surface area contributed by atoms with Gasteiger partial charge in [0.05, 0.1) is 0 Å². The van der Waals surface area contributed by atoms with Gasteiger partial charge in [0.1, 0.15) is 6.10 Å². The average Bonchev–Trinajstić information content (AvgIpc) is 2.62. The highest BCUT2D eigenvalue weighted by atomic mass is 16.6. The Balaban J connectivity index is 2.00. The first-order valence-corrected chi connectivity index (χ1v) is 6.20. The lowest BCUT2D eigenvalue weighted by Crippen LogP contribution is -2.34. The number of ether oxygens (including phenoxy) is 1. The SMILES string of the molecule is CC1CC(Oc2ccc(C=O)o2)CC(C)(C)C1. The number of hydrogen-bond acceptors (Lipinski definition) is 3. The van der Waals surface area contributed by atoms with E-state index in [1.54, 1.807) is 12.1 Å². The third-order valence-electron chi connectivity index (χ3n) is 3.35. The van der Waals surface area contributed by atoms with Crippen LogP contribution in [0.3, 0.4) is 0 Å². The van der Waals surface area contributed by atoms with Gasteiger partial charge < -0.3 is 9.15 Å². The fourth-order valence-corrected chi connectivity index (χ4v) is 2.97. The van der Waals surface area contributed by atoms with Gasteiger partial charge in [-0.2, -0.15) is 0 Å². The number of rotatable bonds is 3. The van der Waals surface area contributed by atoms with Crippen molar-refractivity contribution < 1.29 is 13.9 Å². The van der Waals surface area contributed by atoms with Gasteiger partial charge >= 0.3 is 0 Å². The van der Waals surface area contributed by atoms with E-state index in [1.165, 1.54) is 6.42 Å². The number of carbonyl (C=O) groups is 1. The summed E-state index contributed by atoms with van der Waals surface area (Å²) in [5.74, 6) is 1.45. The Kier molecular flexibility index (Phi) is 3.27. The topological polar surface area (TPSA) is 39.4 Å². The van der Waals surface area contributed by atoms with E-state index in [4.69, 9.17) is 9.15 Å².